The molecule has 2 amide bonds. The maximum Gasteiger partial charge on any atom is 0.274 e. The van der Waals surface area contributed by atoms with E-state index in [2.05, 4.69) is 5.10 Å². The van der Waals surface area contributed by atoms with Crippen LogP contribution in [0.1, 0.15) is 10.5 Å². The number of hydrogen-bond acceptors (Lipinski definition) is 6. The Hall–Kier alpha value is -1.97. The Morgan fingerprint density at radius 2 is 2.12 bits per heavy atom. The fraction of sp³-hybridized carbons (Fsp3) is 0.706. The Morgan fingerprint density at radius 3 is 2.73 bits per heavy atom. The third-order valence-electron chi connectivity index (χ3n) is 4.97. The molecule has 0 bridgehead atoms. The van der Waals surface area contributed by atoms with Crippen LogP contribution < -0.4 is 0 Å². The first-order valence-corrected chi connectivity index (χ1v) is 8.72. The summed E-state index contributed by atoms with van der Waals surface area (Å²) in [6.07, 6.45) is 1.78. The van der Waals surface area contributed by atoms with Crippen LogP contribution in [0.15, 0.2) is 12.3 Å². The molecule has 1 aromatic rings. The van der Waals surface area contributed by atoms with E-state index >= 15 is 0 Å². The van der Waals surface area contributed by atoms with Gasteiger partial charge in [-0.1, -0.05) is 0 Å². The molecular formula is C17H27N5O4. The molecule has 1 aromatic heterocycles. The summed E-state index contributed by atoms with van der Waals surface area (Å²) in [5, 5.41) is 4.30. The number of rotatable bonds is 5. The summed E-state index contributed by atoms with van der Waals surface area (Å²) >= 11 is 0. The minimum absolute atomic E-state index is 0.0382. The molecule has 1 atom stereocenters. The van der Waals surface area contributed by atoms with Crippen molar-refractivity contribution >= 4 is 11.8 Å². The third kappa shape index (κ3) is 3.60. The number of likely N-dealkylation sites (N-methyl/N-ethyl adjacent to an activating group) is 2. The van der Waals surface area contributed by atoms with Crippen molar-refractivity contribution in [2.24, 2.45) is 0 Å². The minimum atomic E-state index is -0.383. The van der Waals surface area contributed by atoms with Crippen LogP contribution in [0.25, 0.3) is 0 Å². The number of carbonyl (C=O) groups is 2. The number of morpholine rings is 1. The maximum atomic E-state index is 12.6. The number of ether oxygens (including phenoxy) is 2. The molecule has 1 spiro atoms. The van der Waals surface area contributed by atoms with E-state index in [0.29, 0.717) is 45.1 Å². The molecule has 0 aliphatic carbocycles. The summed E-state index contributed by atoms with van der Waals surface area (Å²) in [7, 11) is 7.05. The zero-order chi connectivity index (χ0) is 18.9. The highest BCUT2D eigenvalue weighted by Crippen LogP contribution is 2.31. The van der Waals surface area contributed by atoms with Gasteiger partial charge >= 0.3 is 0 Å². The van der Waals surface area contributed by atoms with Crippen molar-refractivity contribution in [2.45, 2.75) is 18.2 Å². The molecule has 3 rings (SSSR count). The number of nitrogens with zero attached hydrogens (tertiary/aromatic N) is 5. The van der Waals surface area contributed by atoms with Gasteiger partial charge in [0.1, 0.15) is 17.3 Å². The van der Waals surface area contributed by atoms with Gasteiger partial charge in [-0.05, 0) is 13.1 Å². The lowest BCUT2D eigenvalue weighted by atomic mass is 9.90. The number of methoxy groups -OCH3 is 1. The number of hydrogen-bond donors (Lipinski definition) is 0. The van der Waals surface area contributed by atoms with Gasteiger partial charge in [0.25, 0.3) is 5.91 Å². The van der Waals surface area contributed by atoms with Crippen LogP contribution in [-0.4, -0.2) is 109 Å². The second kappa shape index (κ2) is 7.34. The molecule has 0 aromatic carbocycles. The van der Waals surface area contributed by atoms with Gasteiger partial charge in [-0.15, -0.1) is 0 Å². The fourth-order valence-corrected chi connectivity index (χ4v) is 3.48. The summed E-state index contributed by atoms with van der Waals surface area (Å²) in [6, 6.07) is 1.46. The molecule has 2 saturated heterocycles. The van der Waals surface area contributed by atoms with E-state index in [4.69, 9.17) is 9.47 Å². The molecule has 0 N–H and O–H groups in total. The van der Waals surface area contributed by atoms with E-state index < -0.39 is 0 Å². The molecule has 0 unspecified atom stereocenters. The van der Waals surface area contributed by atoms with Crippen molar-refractivity contribution in [2.75, 3.05) is 61.1 Å². The molecule has 2 fully saturated rings. The van der Waals surface area contributed by atoms with Crippen LogP contribution in [-0.2, 0) is 20.8 Å². The van der Waals surface area contributed by atoms with E-state index in [1.807, 2.05) is 11.9 Å². The Morgan fingerprint density at radius 1 is 1.38 bits per heavy atom. The molecule has 0 saturated carbocycles. The summed E-state index contributed by atoms with van der Waals surface area (Å²) in [6.45, 7) is 3.18. The van der Waals surface area contributed by atoms with Gasteiger partial charge in [-0.25, -0.2) is 0 Å². The molecule has 9 nitrogen and oxygen atoms in total. The van der Waals surface area contributed by atoms with Crippen molar-refractivity contribution in [3.63, 3.8) is 0 Å². The standard InChI is InChI=1S/C17H27N5O4/c1-19(2)16(24)14-9-26-17(10-20(14)3)11-21(12-17)15(23)13-5-6-22(18-13)7-8-25-4/h5-6,14H,7-12H2,1-4H3/t14-/m0/s1. The van der Waals surface area contributed by atoms with Gasteiger partial charge in [0.2, 0.25) is 5.91 Å². The van der Waals surface area contributed by atoms with Gasteiger partial charge in [-0.2, -0.15) is 5.10 Å². The Labute approximate surface area is 153 Å². The van der Waals surface area contributed by atoms with E-state index in [1.165, 1.54) is 0 Å². The summed E-state index contributed by atoms with van der Waals surface area (Å²) in [5.41, 5.74) is 0.0485. The zero-order valence-corrected chi connectivity index (χ0v) is 15.8. The van der Waals surface area contributed by atoms with Crippen LogP contribution in [0.4, 0.5) is 0 Å². The van der Waals surface area contributed by atoms with E-state index in [0.717, 1.165) is 0 Å². The summed E-state index contributed by atoms with van der Waals surface area (Å²) < 4.78 is 12.7. The van der Waals surface area contributed by atoms with Crippen molar-refractivity contribution in [3.05, 3.63) is 18.0 Å². The first-order valence-electron chi connectivity index (χ1n) is 8.72. The van der Waals surface area contributed by atoms with Gasteiger partial charge in [0.15, 0.2) is 0 Å². The summed E-state index contributed by atoms with van der Waals surface area (Å²) in [4.78, 5) is 30.1. The first-order chi connectivity index (χ1) is 12.3. The van der Waals surface area contributed by atoms with E-state index in [9.17, 15) is 9.59 Å². The molecule has 26 heavy (non-hydrogen) atoms. The largest absolute Gasteiger partial charge is 0.383 e. The highest BCUT2D eigenvalue weighted by Gasteiger charge is 2.51. The molecule has 0 radical (unpaired) electrons. The smallest absolute Gasteiger partial charge is 0.274 e. The molecule has 9 heteroatoms. The molecule has 2 aliphatic rings. The predicted molar refractivity (Wildman–Crippen MR) is 93.8 cm³/mol. The fourth-order valence-electron chi connectivity index (χ4n) is 3.48. The van der Waals surface area contributed by atoms with Gasteiger partial charge in [0.05, 0.1) is 32.8 Å². The molecular weight excluding hydrogens is 338 g/mol. The quantitative estimate of drug-likeness (QED) is 0.676. The van der Waals surface area contributed by atoms with Crippen LogP contribution in [0, 0.1) is 0 Å². The molecule has 3 heterocycles. The second-order valence-corrected chi connectivity index (χ2v) is 7.28. The Balaban J connectivity index is 1.54. The van der Waals surface area contributed by atoms with Crippen molar-refractivity contribution in [3.8, 4) is 0 Å². The third-order valence-corrected chi connectivity index (χ3v) is 4.97. The first kappa shape index (κ1) is 18.8. The topological polar surface area (TPSA) is 80.1 Å². The van der Waals surface area contributed by atoms with E-state index in [1.54, 1.807) is 47.9 Å². The lowest BCUT2D eigenvalue weighted by Gasteiger charge is -2.54. The average molecular weight is 365 g/mol. The maximum absolute atomic E-state index is 12.6. The average Bonchev–Trinajstić information content (AvgIpc) is 3.05. The number of aromatic nitrogens is 2. The van der Waals surface area contributed by atoms with E-state index in [-0.39, 0.29) is 23.5 Å². The zero-order valence-electron chi connectivity index (χ0n) is 15.8. The Kier molecular flexibility index (Phi) is 5.31. The lowest BCUT2D eigenvalue weighted by Crippen LogP contribution is -2.73. The monoisotopic (exact) mass is 365 g/mol. The number of amides is 2. The lowest BCUT2D eigenvalue weighted by molar-refractivity contribution is -0.190. The number of carbonyl (C=O) groups excluding carboxylic acids is 2. The summed E-state index contributed by atoms with van der Waals surface area (Å²) in [5.74, 6) is -0.0549. The van der Waals surface area contributed by atoms with Crippen LogP contribution in [0.3, 0.4) is 0 Å². The minimum Gasteiger partial charge on any atom is -0.383 e. The predicted octanol–water partition coefficient (Wildman–Crippen LogP) is -0.857. The Bertz CT molecular complexity index is 668. The van der Waals surface area contributed by atoms with Crippen LogP contribution >= 0.6 is 0 Å². The molecule has 144 valence electrons. The highest BCUT2D eigenvalue weighted by atomic mass is 16.5. The van der Waals surface area contributed by atoms with Crippen molar-refractivity contribution in [1.82, 2.24) is 24.5 Å². The normalized spacial score (nSPS) is 22.3. The van der Waals surface area contributed by atoms with Gasteiger partial charge in [-0.3, -0.25) is 19.2 Å². The highest BCUT2D eigenvalue weighted by molar-refractivity contribution is 5.93. The van der Waals surface area contributed by atoms with Crippen molar-refractivity contribution < 1.29 is 19.1 Å². The van der Waals surface area contributed by atoms with Crippen LogP contribution in [0.2, 0.25) is 0 Å². The van der Waals surface area contributed by atoms with Gasteiger partial charge in [0, 0.05) is 33.9 Å². The second-order valence-electron chi connectivity index (χ2n) is 7.28. The van der Waals surface area contributed by atoms with Crippen LogP contribution in [0.5, 0.6) is 0 Å². The SMILES string of the molecule is COCCn1ccc(C(=O)N2CC3(C2)CN(C)[C@H](C(=O)N(C)C)CO3)n1. The molecule has 2 aliphatic heterocycles. The number of likely N-dealkylation sites (tertiary alicyclic amines) is 1. The van der Waals surface area contributed by atoms with Gasteiger partial charge < -0.3 is 19.3 Å². The van der Waals surface area contributed by atoms with Crippen molar-refractivity contribution in [1.29, 1.82) is 0 Å².